The summed E-state index contributed by atoms with van der Waals surface area (Å²) in [6, 6.07) is 11.7. The zero-order valence-electron chi connectivity index (χ0n) is 19.2. The van der Waals surface area contributed by atoms with Crippen molar-refractivity contribution in [1.29, 1.82) is 0 Å². The third-order valence-corrected chi connectivity index (χ3v) is 7.88. The van der Waals surface area contributed by atoms with Gasteiger partial charge in [0.25, 0.3) is 11.8 Å². The number of ether oxygens (including phenoxy) is 2. The van der Waals surface area contributed by atoms with Crippen LogP contribution in [0.3, 0.4) is 0 Å². The lowest BCUT2D eigenvalue weighted by Gasteiger charge is -2.56. The van der Waals surface area contributed by atoms with Crippen LogP contribution >= 0.6 is 11.6 Å². The number of fused-ring (bicyclic) bond motifs is 4. The predicted octanol–water partition coefficient (Wildman–Crippen LogP) is 3.30. The van der Waals surface area contributed by atoms with E-state index in [4.69, 9.17) is 21.1 Å². The van der Waals surface area contributed by atoms with Crippen molar-refractivity contribution in [3.8, 4) is 11.5 Å². The van der Waals surface area contributed by atoms with Crippen molar-refractivity contribution in [2.45, 2.75) is 68.2 Å². The minimum Gasteiger partial charge on any atom is -0.484 e. The van der Waals surface area contributed by atoms with Crippen LogP contribution in [0.15, 0.2) is 42.5 Å². The largest absolute Gasteiger partial charge is 0.484 e. The van der Waals surface area contributed by atoms with Crippen molar-refractivity contribution in [2.24, 2.45) is 0 Å². The molecule has 0 spiro atoms. The van der Waals surface area contributed by atoms with Crippen LogP contribution < -0.4 is 20.1 Å². The fourth-order valence-corrected chi connectivity index (χ4v) is 5.66. The Balaban J connectivity index is 1.16. The van der Waals surface area contributed by atoms with Gasteiger partial charge in [-0.2, -0.15) is 0 Å². The molecule has 3 saturated carbocycles. The molecule has 2 atom stereocenters. The maximum absolute atomic E-state index is 13.6. The number of hydrogen-bond donors (Lipinski definition) is 3. The van der Waals surface area contributed by atoms with Gasteiger partial charge in [0.15, 0.2) is 12.7 Å². The summed E-state index contributed by atoms with van der Waals surface area (Å²) in [4.78, 5) is 25.6. The van der Waals surface area contributed by atoms with Gasteiger partial charge < -0.3 is 25.2 Å². The summed E-state index contributed by atoms with van der Waals surface area (Å²) >= 11 is 5.67. The lowest BCUT2D eigenvalue weighted by molar-refractivity contribution is -0.139. The number of aliphatic hydroxyl groups is 1. The van der Waals surface area contributed by atoms with Gasteiger partial charge in [-0.3, -0.25) is 9.59 Å². The third kappa shape index (κ3) is 4.82. The fraction of sp³-hybridized carbons (Fsp3) is 0.462. The number of carbonyl (C=O) groups is 2. The first-order valence-electron chi connectivity index (χ1n) is 11.9. The minimum atomic E-state index is -0.810. The molecule has 2 bridgehead atoms. The molecule has 35 heavy (non-hydrogen) atoms. The van der Waals surface area contributed by atoms with Crippen LogP contribution in [0.2, 0.25) is 5.02 Å². The van der Waals surface area contributed by atoms with E-state index < -0.39 is 35.0 Å². The zero-order chi connectivity index (χ0) is 24.6. The average Bonchev–Trinajstić information content (AvgIpc) is 2.85. The Morgan fingerprint density at radius 1 is 1.14 bits per heavy atom. The number of benzene rings is 2. The van der Waals surface area contributed by atoms with E-state index in [0.717, 1.165) is 23.8 Å². The van der Waals surface area contributed by atoms with Crippen molar-refractivity contribution in [2.75, 3.05) is 6.61 Å². The van der Waals surface area contributed by atoms with Crippen molar-refractivity contribution >= 4 is 23.4 Å². The molecule has 2 amide bonds. The molecule has 3 fully saturated rings. The highest BCUT2D eigenvalue weighted by molar-refractivity contribution is 6.30. The summed E-state index contributed by atoms with van der Waals surface area (Å²) < 4.78 is 24.9. The van der Waals surface area contributed by atoms with E-state index in [1.807, 2.05) is 24.3 Å². The number of halogens is 2. The quantitative estimate of drug-likeness (QED) is 0.563. The molecule has 0 aromatic heterocycles. The Morgan fingerprint density at radius 2 is 1.91 bits per heavy atom. The highest BCUT2D eigenvalue weighted by atomic mass is 35.5. The number of carbonyl (C=O) groups excluding carboxylic acids is 2. The van der Waals surface area contributed by atoms with Crippen LogP contribution in [-0.2, 0) is 16.0 Å². The Morgan fingerprint density at radius 3 is 2.66 bits per heavy atom. The average molecular weight is 503 g/mol. The lowest BCUT2D eigenvalue weighted by Crippen LogP contribution is -2.71. The first-order chi connectivity index (χ1) is 16.8. The van der Waals surface area contributed by atoms with Gasteiger partial charge in [-0.15, -0.1) is 0 Å². The molecule has 0 saturated heterocycles. The maximum atomic E-state index is 13.6. The SMILES string of the molecule is O=C(COc1ccc(Cl)c(F)c1)NC12CCC(NC(=O)C3CCc4ccccc4O3)(CC1)C[C@@H]2O. The van der Waals surface area contributed by atoms with Crippen molar-refractivity contribution < 1.29 is 28.6 Å². The van der Waals surface area contributed by atoms with Gasteiger partial charge in [-0.1, -0.05) is 29.8 Å². The standard InChI is InChI=1S/C26H28ClFN2O5/c27-18-7-6-17(13-19(18)28)34-15-23(32)29-26-11-9-25(10-12-26,14-22(26)31)30-24(33)21-8-5-16-3-1-2-4-20(16)35-21/h1-4,6-7,13,21-22,31H,5,8-12,14-15H2,(H,29,32)(H,30,33)/t21?,22-,25?,26?/m0/s1. The highest BCUT2D eigenvalue weighted by Gasteiger charge is 2.55. The summed E-state index contributed by atoms with van der Waals surface area (Å²) in [5.41, 5.74) is -0.176. The number of hydrogen-bond acceptors (Lipinski definition) is 5. The summed E-state index contributed by atoms with van der Waals surface area (Å²) in [6.07, 6.45) is 2.73. The van der Waals surface area contributed by atoms with Crippen LogP contribution in [0.25, 0.3) is 0 Å². The van der Waals surface area contributed by atoms with Gasteiger partial charge >= 0.3 is 0 Å². The van der Waals surface area contributed by atoms with Crippen LogP contribution in [0, 0.1) is 5.82 Å². The molecule has 6 rings (SSSR count). The molecule has 186 valence electrons. The second-order valence-electron chi connectivity index (χ2n) is 9.81. The lowest BCUT2D eigenvalue weighted by atomic mass is 9.59. The normalized spacial score (nSPS) is 29.0. The Labute approximate surface area is 207 Å². The molecule has 9 heteroatoms. The molecule has 2 aromatic rings. The third-order valence-electron chi connectivity index (χ3n) is 7.57. The molecule has 1 heterocycles. The first-order valence-corrected chi connectivity index (χ1v) is 12.3. The van der Waals surface area contributed by atoms with Crippen LogP contribution in [-0.4, -0.2) is 46.8 Å². The molecule has 1 aliphatic heterocycles. The maximum Gasteiger partial charge on any atom is 0.261 e. The fourth-order valence-electron chi connectivity index (χ4n) is 5.54. The summed E-state index contributed by atoms with van der Waals surface area (Å²) in [5, 5.41) is 17.1. The van der Waals surface area contributed by atoms with E-state index in [0.29, 0.717) is 38.5 Å². The molecular formula is C26H28ClFN2O5. The van der Waals surface area contributed by atoms with E-state index in [1.165, 1.54) is 12.1 Å². The zero-order valence-corrected chi connectivity index (χ0v) is 19.9. The van der Waals surface area contributed by atoms with Crippen molar-refractivity contribution in [3.63, 3.8) is 0 Å². The molecule has 3 N–H and O–H groups in total. The van der Waals surface area contributed by atoms with Crippen LogP contribution in [0.4, 0.5) is 4.39 Å². The molecule has 4 aliphatic rings. The van der Waals surface area contributed by atoms with Gasteiger partial charge in [0, 0.05) is 11.6 Å². The van der Waals surface area contributed by atoms with Gasteiger partial charge in [-0.25, -0.2) is 4.39 Å². The molecule has 1 unspecified atom stereocenters. The van der Waals surface area contributed by atoms with E-state index in [2.05, 4.69) is 10.6 Å². The van der Waals surface area contributed by atoms with Crippen LogP contribution in [0.1, 0.15) is 44.1 Å². The topological polar surface area (TPSA) is 96.9 Å². The van der Waals surface area contributed by atoms with E-state index in [-0.39, 0.29) is 23.3 Å². The predicted molar refractivity (Wildman–Crippen MR) is 127 cm³/mol. The number of para-hydroxylation sites is 1. The summed E-state index contributed by atoms with van der Waals surface area (Å²) in [6.45, 7) is -0.308. The van der Waals surface area contributed by atoms with E-state index in [1.54, 1.807) is 0 Å². The number of aryl methyl sites for hydroxylation is 1. The minimum absolute atomic E-state index is 0.0244. The monoisotopic (exact) mass is 502 g/mol. The van der Waals surface area contributed by atoms with Gasteiger partial charge in [0.05, 0.1) is 16.7 Å². The van der Waals surface area contributed by atoms with Crippen molar-refractivity contribution in [3.05, 3.63) is 58.9 Å². The number of aliphatic hydroxyl groups excluding tert-OH is 1. The van der Waals surface area contributed by atoms with Crippen molar-refractivity contribution in [1.82, 2.24) is 10.6 Å². The molecule has 7 nitrogen and oxygen atoms in total. The summed E-state index contributed by atoms with van der Waals surface area (Å²) in [5.74, 6) is -0.240. The second-order valence-corrected chi connectivity index (χ2v) is 10.2. The molecule has 0 radical (unpaired) electrons. The molecular weight excluding hydrogens is 475 g/mol. The second kappa shape index (κ2) is 9.32. The van der Waals surface area contributed by atoms with E-state index >= 15 is 0 Å². The van der Waals surface area contributed by atoms with Crippen LogP contribution in [0.5, 0.6) is 11.5 Å². The molecule has 2 aromatic carbocycles. The number of nitrogens with one attached hydrogen (secondary N) is 2. The van der Waals surface area contributed by atoms with E-state index in [9.17, 15) is 19.1 Å². The number of rotatable bonds is 6. The summed E-state index contributed by atoms with van der Waals surface area (Å²) in [7, 11) is 0. The van der Waals surface area contributed by atoms with Gasteiger partial charge in [-0.05, 0) is 68.7 Å². The molecule has 3 aliphatic carbocycles. The Bertz CT molecular complexity index is 1130. The van der Waals surface area contributed by atoms with Gasteiger partial charge in [0.1, 0.15) is 17.3 Å². The van der Waals surface area contributed by atoms with Gasteiger partial charge in [0.2, 0.25) is 0 Å². The Hall–Kier alpha value is -2.84. The highest BCUT2D eigenvalue weighted by Crippen LogP contribution is 2.47. The smallest absolute Gasteiger partial charge is 0.261 e. The Kier molecular flexibility index (Phi) is 6.36. The number of amides is 2. The first kappa shape index (κ1) is 23.9.